The summed E-state index contributed by atoms with van der Waals surface area (Å²) < 4.78 is 5.13. The van der Waals surface area contributed by atoms with Crippen LogP contribution >= 0.6 is 11.6 Å². The first-order chi connectivity index (χ1) is 6.20. The molecule has 0 N–H and O–H groups in total. The topological polar surface area (TPSA) is 33.0 Å². The Kier molecular flexibility index (Phi) is 3.16. The molecule has 0 saturated heterocycles. The average molecular weight is 196 g/mol. The summed E-state index contributed by atoms with van der Waals surface area (Å²) in [5.41, 5.74) is 1.79. The van der Waals surface area contributed by atoms with Crippen molar-refractivity contribution in [1.29, 1.82) is 5.26 Å². The van der Waals surface area contributed by atoms with E-state index in [1.165, 1.54) is 0 Å². The monoisotopic (exact) mass is 195 g/mol. The second kappa shape index (κ2) is 4.15. The van der Waals surface area contributed by atoms with Crippen molar-refractivity contribution in [2.45, 2.75) is 13.3 Å². The molecule has 0 spiro atoms. The fourth-order valence-electron chi connectivity index (χ4n) is 1.14. The third-order valence-electron chi connectivity index (χ3n) is 1.85. The molecule has 0 aliphatic carbocycles. The highest BCUT2D eigenvalue weighted by Crippen LogP contribution is 2.31. The van der Waals surface area contributed by atoms with E-state index in [1.54, 1.807) is 7.11 Å². The van der Waals surface area contributed by atoms with Crippen LogP contribution < -0.4 is 4.74 Å². The van der Waals surface area contributed by atoms with Crippen LogP contribution in [0.5, 0.6) is 5.75 Å². The molecule has 0 heterocycles. The second-order valence-corrected chi connectivity index (χ2v) is 3.10. The van der Waals surface area contributed by atoms with E-state index >= 15 is 0 Å². The third-order valence-corrected chi connectivity index (χ3v) is 2.32. The molecule has 1 rings (SSSR count). The largest absolute Gasteiger partial charge is 0.495 e. The van der Waals surface area contributed by atoms with Crippen molar-refractivity contribution < 1.29 is 4.74 Å². The second-order valence-electron chi connectivity index (χ2n) is 2.72. The quantitative estimate of drug-likeness (QED) is 0.727. The molecule has 0 atom stereocenters. The van der Waals surface area contributed by atoms with Crippen LogP contribution in [0, 0.1) is 18.3 Å². The molecule has 13 heavy (non-hydrogen) atoms. The summed E-state index contributed by atoms with van der Waals surface area (Å²) in [6.07, 6.45) is 0.323. The highest BCUT2D eigenvalue weighted by molar-refractivity contribution is 6.32. The smallest absolute Gasteiger partial charge is 0.141 e. The van der Waals surface area contributed by atoms with E-state index in [0.29, 0.717) is 17.2 Å². The molecule has 0 saturated carbocycles. The summed E-state index contributed by atoms with van der Waals surface area (Å²) in [6.45, 7) is 1.90. The first kappa shape index (κ1) is 9.88. The Hall–Kier alpha value is -1.20. The summed E-state index contributed by atoms with van der Waals surface area (Å²) in [5, 5.41) is 9.14. The molecule has 0 radical (unpaired) electrons. The van der Waals surface area contributed by atoms with Crippen LogP contribution in [-0.4, -0.2) is 7.11 Å². The lowest BCUT2D eigenvalue weighted by Gasteiger charge is -2.09. The van der Waals surface area contributed by atoms with Gasteiger partial charge in [-0.25, -0.2) is 0 Å². The Morgan fingerprint density at radius 1 is 1.54 bits per heavy atom. The van der Waals surface area contributed by atoms with Gasteiger partial charge < -0.3 is 4.74 Å². The Bertz CT molecular complexity index is 355. The average Bonchev–Trinajstić information content (AvgIpc) is 2.12. The number of nitrogens with zero attached hydrogens (tertiary/aromatic N) is 1. The normalized spacial score (nSPS) is 9.38. The van der Waals surface area contributed by atoms with Crippen LogP contribution in [0.25, 0.3) is 0 Å². The highest BCUT2D eigenvalue weighted by atomic mass is 35.5. The van der Waals surface area contributed by atoms with E-state index in [2.05, 4.69) is 6.07 Å². The molecule has 0 fully saturated rings. The van der Waals surface area contributed by atoms with Crippen molar-refractivity contribution in [2.24, 2.45) is 0 Å². The minimum atomic E-state index is 0.323. The molecule has 2 nitrogen and oxygen atoms in total. The van der Waals surface area contributed by atoms with Crippen LogP contribution in [0.2, 0.25) is 5.02 Å². The van der Waals surface area contributed by atoms with Gasteiger partial charge in [-0.15, -0.1) is 0 Å². The zero-order valence-electron chi connectivity index (χ0n) is 7.60. The number of hydrogen-bond acceptors (Lipinski definition) is 2. The van der Waals surface area contributed by atoms with E-state index < -0.39 is 0 Å². The van der Waals surface area contributed by atoms with Gasteiger partial charge in [0.2, 0.25) is 0 Å². The maximum absolute atomic E-state index is 8.55. The molecule has 1 aromatic carbocycles. The van der Waals surface area contributed by atoms with Gasteiger partial charge in [-0.3, -0.25) is 0 Å². The number of aryl methyl sites for hydroxylation is 1. The fraction of sp³-hybridized carbons (Fsp3) is 0.300. The van der Waals surface area contributed by atoms with Gasteiger partial charge in [-0.2, -0.15) is 5.26 Å². The molecule has 0 aliphatic heterocycles. The summed E-state index contributed by atoms with van der Waals surface area (Å²) in [4.78, 5) is 0. The molecule has 0 amide bonds. The molecule has 0 unspecified atom stereocenters. The zero-order chi connectivity index (χ0) is 9.84. The first-order valence-corrected chi connectivity index (χ1v) is 4.27. The van der Waals surface area contributed by atoms with Crippen LogP contribution in [0.15, 0.2) is 12.1 Å². The molecule has 3 heteroatoms. The number of benzene rings is 1. The zero-order valence-corrected chi connectivity index (χ0v) is 8.35. The van der Waals surface area contributed by atoms with Gasteiger partial charge in [0.25, 0.3) is 0 Å². The van der Waals surface area contributed by atoms with Crippen LogP contribution in [0.4, 0.5) is 0 Å². The summed E-state index contributed by atoms with van der Waals surface area (Å²) >= 11 is 6.00. The van der Waals surface area contributed by atoms with Crippen molar-refractivity contribution in [2.75, 3.05) is 7.11 Å². The van der Waals surface area contributed by atoms with Crippen molar-refractivity contribution in [3.05, 3.63) is 28.3 Å². The number of methoxy groups -OCH3 is 1. The van der Waals surface area contributed by atoms with Crippen LogP contribution in [0.1, 0.15) is 11.1 Å². The Labute approximate surface area is 82.7 Å². The summed E-state index contributed by atoms with van der Waals surface area (Å²) in [7, 11) is 1.56. The third kappa shape index (κ3) is 1.93. The molecule has 0 bridgehead atoms. The lowest BCUT2D eigenvalue weighted by molar-refractivity contribution is 0.411. The molecule has 0 aliphatic rings. The molecular weight excluding hydrogens is 186 g/mol. The summed E-state index contributed by atoms with van der Waals surface area (Å²) in [6, 6.07) is 5.82. The minimum absolute atomic E-state index is 0.323. The van der Waals surface area contributed by atoms with Gasteiger partial charge in [-0.1, -0.05) is 23.7 Å². The molecule has 68 valence electrons. The van der Waals surface area contributed by atoms with Crippen molar-refractivity contribution in [1.82, 2.24) is 0 Å². The number of rotatable bonds is 2. The van der Waals surface area contributed by atoms with Gasteiger partial charge in [0, 0.05) is 5.56 Å². The van der Waals surface area contributed by atoms with Gasteiger partial charge in [0.05, 0.1) is 24.6 Å². The molecular formula is C10H10ClNO. The predicted molar refractivity (Wildman–Crippen MR) is 52.1 cm³/mol. The van der Waals surface area contributed by atoms with E-state index in [-0.39, 0.29) is 0 Å². The number of ether oxygens (including phenoxy) is 1. The van der Waals surface area contributed by atoms with E-state index in [4.69, 9.17) is 21.6 Å². The van der Waals surface area contributed by atoms with Crippen molar-refractivity contribution >= 4 is 11.6 Å². The molecule has 0 aromatic heterocycles. The van der Waals surface area contributed by atoms with Crippen LogP contribution in [-0.2, 0) is 6.42 Å². The number of halogens is 1. The van der Waals surface area contributed by atoms with E-state index in [9.17, 15) is 0 Å². The standard InChI is InChI=1S/C10H10ClNO/c1-7-3-4-8(5-6-12)10(13-2)9(7)11/h3-4H,5H2,1-2H3. The Morgan fingerprint density at radius 2 is 2.23 bits per heavy atom. The van der Waals surface area contributed by atoms with Gasteiger partial charge in [0.15, 0.2) is 0 Å². The van der Waals surface area contributed by atoms with Crippen LogP contribution in [0.3, 0.4) is 0 Å². The van der Waals surface area contributed by atoms with Gasteiger partial charge in [0.1, 0.15) is 5.75 Å². The minimum Gasteiger partial charge on any atom is -0.495 e. The SMILES string of the molecule is COc1c(CC#N)ccc(C)c1Cl. The summed E-state index contributed by atoms with van der Waals surface area (Å²) in [5.74, 6) is 0.614. The first-order valence-electron chi connectivity index (χ1n) is 3.89. The van der Waals surface area contributed by atoms with Gasteiger partial charge in [-0.05, 0) is 12.5 Å². The number of nitriles is 1. The van der Waals surface area contributed by atoms with Crippen molar-refractivity contribution in [3.8, 4) is 11.8 Å². The van der Waals surface area contributed by atoms with Crippen molar-refractivity contribution in [3.63, 3.8) is 0 Å². The Balaban J connectivity index is 3.23. The van der Waals surface area contributed by atoms with E-state index in [0.717, 1.165) is 11.1 Å². The lowest BCUT2D eigenvalue weighted by atomic mass is 10.1. The lowest BCUT2D eigenvalue weighted by Crippen LogP contribution is -1.93. The maximum Gasteiger partial charge on any atom is 0.141 e. The maximum atomic E-state index is 8.55. The highest BCUT2D eigenvalue weighted by Gasteiger charge is 2.09. The van der Waals surface area contributed by atoms with Gasteiger partial charge >= 0.3 is 0 Å². The predicted octanol–water partition coefficient (Wildman–Crippen LogP) is 2.72. The number of hydrogen-bond donors (Lipinski definition) is 0. The molecule has 1 aromatic rings. The Morgan fingerprint density at radius 3 is 2.77 bits per heavy atom. The van der Waals surface area contributed by atoms with E-state index in [1.807, 2.05) is 19.1 Å². The fourth-order valence-corrected chi connectivity index (χ4v) is 1.40.